The highest BCUT2D eigenvalue weighted by Gasteiger charge is 2.17. The minimum absolute atomic E-state index is 0.685. The van der Waals surface area contributed by atoms with Crippen LogP contribution in [0.25, 0.3) is 0 Å². The van der Waals surface area contributed by atoms with Gasteiger partial charge in [-0.2, -0.15) is 0 Å². The molecule has 0 aromatic heterocycles. The first-order chi connectivity index (χ1) is 8.28. The summed E-state index contributed by atoms with van der Waals surface area (Å²) in [5.74, 6) is 0.970. The number of halogens is 1. The molecule has 0 amide bonds. The lowest BCUT2D eigenvalue weighted by atomic mass is 9.98. The monoisotopic (exact) mass is 343 g/mol. The maximum Gasteiger partial charge on any atom is 0.0352 e. The number of hydrogen-bond donors (Lipinski definition) is 1. The maximum atomic E-state index is 3.70. The molecule has 1 saturated carbocycles. The van der Waals surface area contributed by atoms with Crippen molar-refractivity contribution in [3.8, 4) is 0 Å². The van der Waals surface area contributed by atoms with Gasteiger partial charge in [0, 0.05) is 15.3 Å². The zero-order valence-electron chi connectivity index (χ0n) is 10.6. The minimum Gasteiger partial charge on any atom is -0.382 e. The van der Waals surface area contributed by atoms with Crippen molar-refractivity contribution < 1.29 is 0 Å². The van der Waals surface area contributed by atoms with Gasteiger partial charge in [0.2, 0.25) is 0 Å². The van der Waals surface area contributed by atoms with E-state index in [0.717, 1.165) is 5.92 Å². The van der Waals surface area contributed by atoms with Gasteiger partial charge in [-0.1, -0.05) is 32.3 Å². The molecule has 0 aliphatic heterocycles. The van der Waals surface area contributed by atoms with Gasteiger partial charge in [-0.3, -0.25) is 0 Å². The molecule has 2 heteroatoms. The van der Waals surface area contributed by atoms with Crippen molar-refractivity contribution in [1.29, 1.82) is 0 Å². The molecule has 94 valence electrons. The Hall–Kier alpha value is -0.250. The SMILES string of the molecule is CCC1CCCC(Nc2cccc(I)c2)CC1. The number of anilines is 1. The van der Waals surface area contributed by atoms with E-state index >= 15 is 0 Å². The summed E-state index contributed by atoms with van der Waals surface area (Å²) in [7, 11) is 0. The second-order valence-electron chi connectivity index (χ2n) is 5.13. The van der Waals surface area contributed by atoms with Crippen LogP contribution in [0.15, 0.2) is 24.3 Å². The molecule has 2 atom stereocenters. The lowest BCUT2D eigenvalue weighted by Crippen LogP contribution is -2.18. The topological polar surface area (TPSA) is 12.0 Å². The average Bonchev–Trinajstić information content (AvgIpc) is 2.54. The number of benzene rings is 1. The molecule has 17 heavy (non-hydrogen) atoms. The Bertz CT molecular complexity index is 351. The quantitative estimate of drug-likeness (QED) is 0.597. The molecule has 0 heterocycles. The van der Waals surface area contributed by atoms with Crippen LogP contribution in [-0.4, -0.2) is 6.04 Å². The summed E-state index contributed by atoms with van der Waals surface area (Å²) >= 11 is 2.38. The normalized spacial score (nSPS) is 25.3. The number of rotatable bonds is 3. The fraction of sp³-hybridized carbons (Fsp3) is 0.600. The molecule has 1 fully saturated rings. The first-order valence-corrected chi connectivity index (χ1v) is 7.88. The largest absolute Gasteiger partial charge is 0.382 e. The van der Waals surface area contributed by atoms with Gasteiger partial charge in [0.15, 0.2) is 0 Å². The number of nitrogens with one attached hydrogen (secondary N) is 1. The molecule has 1 aliphatic rings. The summed E-state index contributed by atoms with van der Waals surface area (Å²) in [6, 6.07) is 9.39. The van der Waals surface area contributed by atoms with Crippen molar-refractivity contribution in [3.05, 3.63) is 27.8 Å². The van der Waals surface area contributed by atoms with Crippen LogP contribution >= 0.6 is 22.6 Å². The van der Waals surface area contributed by atoms with Gasteiger partial charge in [-0.05, 0) is 66.0 Å². The van der Waals surface area contributed by atoms with Gasteiger partial charge >= 0.3 is 0 Å². The minimum atomic E-state index is 0.685. The van der Waals surface area contributed by atoms with E-state index in [9.17, 15) is 0 Å². The van der Waals surface area contributed by atoms with Crippen molar-refractivity contribution in [3.63, 3.8) is 0 Å². The summed E-state index contributed by atoms with van der Waals surface area (Å²) in [6.07, 6.45) is 8.25. The molecule has 2 rings (SSSR count). The Kier molecular flexibility index (Phi) is 5.14. The van der Waals surface area contributed by atoms with Gasteiger partial charge in [-0.25, -0.2) is 0 Å². The van der Waals surface area contributed by atoms with Gasteiger partial charge in [-0.15, -0.1) is 0 Å². The average molecular weight is 343 g/mol. The highest BCUT2D eigenvalue weighted by molar-refractivity contribution is 14.1. The third-order valence-electron chi connectivity index (χ3n) is 3.86. The maximum absolute atomic E-state index is 3.70. The van der Waals surface area contributed by atoms with E-state index in [1.165, 1.54) is 47.8 Å². The van der Waals surface area contributed by atoms with E-state index < -0.39 is 0 Å². The van der Waals surface area contributed by atoms with Crippen LogP contribution < -0.4 is 5.32 Å². The van der Waals surface area contributed by atoms with E-state index in [-0.39, 0.29) is 0 Å². The zero-order chi connectivity index (χ0) is 12.1. The van der Waals surface area contributed by atoms with Crippen LogP contribution in [0.5, 0.6) is 0 Å². The molecule has 1 aliphatic carbocycles. The molecule has 1 aromatic carbocycles. The predicted molar refractivity (Wildman–Crippen MR) is 83.4 cm³/mol. The highest BCUT2D eigenvalue weighted by atomic mass is 127. The second-order valence-corrected chi connectivity index (χ2v) is 6.38. The molecule has 0 saturated heterocycles. The Morgan fingerprint density at radius 2 is 2.12 bits per heavy atom. The molecular formula is C15H22IN. The van der Waals surface area contributed by atoms with E-state index in [2.05, 4.69) is 59.1 Å². The van der Waals surface area contributed by atoms with Crippen LogP contribution in [0.4, 0.5) is 5.69 Å². The fourth-order valence-electron chi connectivity index (χ4n) is 2.75. The summed E-state index contributed by atoms with van der Waals surface area (Å²) < 4.78 is 1.31. The van der Waals surface area contributed by atoms with Gasteiger partial charge < -0.3 is 5.32 Å². The summed E-state index contributed by atoms with van der Waals surface area (Å²) in [5.41, 5.74) is 1.29. The zero-order valence-corrected chi connectivity index (χ0v) is 12.7. The van der Waals surface area contributed by atoms with Crippen LogP contribution in [0.3, 0.4) is 0 Å². The van der Waals surface area contributed by atoms with Crippen molar-refractivity contribution in [2.75, 3.05) is 5.32 Å². The van der Waals surface area contributed by atoms with Crippen molar-refractivity contribution >= 4 is 28.3 Å². The van der Waals surface area contributed by atoms with E-state index in [1.807, 2.05) is 0 Å². The van der Waals surface area contributed by atoms with Crippen molar-refractivity contribution in [1.82, 2.24) is 0 Å². The predicted octanol–water partition coefficient (Wildman–Crippen LogP) is 5.06. The van der Waals surface area contributed by atoms with Gasteiger partial charge in [0.05, 0.1) is 0 Å². The summed E-state index contributed by atoms with van der Waals surface area (Å²) in [5, 5.41) is 3.70. The third kappa shape index (κ3) is 4.16. The first-order valence-electron chi connectivity index (χ1n) is 6.80. The lowest BCUT2D eigenvalue weighted by Gasteiger charge is -2.18. The van der Waals surface area contributed by atoms with Crippen molar-refractivity contribution in [2.24, 2.45) is 5.92 Å². The molecule has 1 N–H and O–H groups in total. The van der Waals surface area contributed by atoms with E-state index in [1.54, 1.807) is 0 Å². The van der Waals surface area contributed by atoms with Gasteiger partial charge in [0.1, 0.15) is 0 Å². The van der Waals surface area contributed by atoms with Crippen LogP contribution in [-0.2, 0) is 0 Å². The first kappa shape index (κ1) is 13.2. The van der Waals surface area contributed by atoms with Crippen molar-refractivity contribution in [2.45, 2.75) is 51.5 Å². The molecule has 0 radical (unpaired) electrons. The Labute approximate surface area is 119 Å². The summed E-state index contributed by atoms with van der Waals surface area (Å²) in [4.78, 5) is 0. The molecule has 1 aromatic rings. The fourth-order valence-corrected chi connectivity index (χ4v) is 3.29. The second kappa shape index (κ2) is 6.62. The molecule has 1 nitrogen and oxygen atoms in total. The highest BCUT2D eigenvalue weighted by Crippen LogP contribution is 2.27. The standard InChI is InChI=1S/C15H22IN/c1-2-12-5-3-7-14(10-9-12)17-15-8-4-6-13(16)11-15/h4,6,8,11-12,14,17H,2-3,5,7,9-10H2,1H3. The van der Waals surface area contributed by atoms with Gasteiger partial charge in [0.25, 0.3) is 0 Å². The Balaban J connectivity index is 1.90. The van der Waals surface area contributed by atoms with Crippen LogP contribution in [0, 0.1) is 9.49 Å². The molecule has 2 unspecified atom stereocenters. The Morgan fingerprint density at radius 3 is 2.88 bits per heavy atom. The molecular weight excluding hydrogens is 321 g/mol. The third-order valence-corrected chi connectivity index (χ3v) is 4.53. The summed E-state index contributed by atoms with van der Waals surface area (Å²) in [6.45, 7) is 2.33. The molecule has 0 spiro atoms. The lowest BCUT2D eigenvalue weighted by molar-refractivity contribution is 0.444. The Morgan fingerprint density at radius 1 is 1.24 bits per heavy atom. The smallest absolute Gasteiger partial charge is 0.0352 e. The van der Waals surface area contributed by atoms with Crippen LogP contribution in [0.2, 0.25) is 0 Å². The van der Waals surface area contributed by atoms with E-state index in [4.69, 9.17) is 0 Å². The molecule has 0 bridgehead atoms. The number of hydrogen-bond acceptors (Lipinski definition) is 1. The van der Waals surface area contributed by atoms with Crippen LogP contribution in [0.1, 0.15) is 45.4 Å². The van der Waals surface area contributed by atoms with E-state index in [0.29, 0.717) is 6.04 Å².